The normalized spacial score (nSPS) is 17.0. The average Bonchev–Trinajstić information content (AvgIpc) is 3.14. The molecule has 100 valence electrons. The largest absolute Gasteiger partial charge is 0.391 e. The minimum absolute atomic E-state index is 0.220. The topological polar surface area (TPSA) is 58.0 Å². The Morgan fingerprint density at radius 1 is 1.39 bits per heavy atom. The van der Waals surface area contributed by atoms with Crippen LogP contribution in [0.4, 0.5) is 5.82 Å². The first-order valence-corrected chi connectivity index (χ1v) is 6.82. The first kappa shape index (κ1) is 13.6. The molecule has 1 heterocycles. The zero-order valence-corrected chi connectivity index (χ0v) is 11.8. The summed E-state index contributed by atoms with van der Waals surface area (Å²) in [6.07, 6.45) is 1.91. The Morgan fingerprint density at radius 3 is 2.61 bits per heavy atom. The minimum atomic E-state index is -0.387. The molecule has 0 saturated heterocycles. The van der Waals surface area contributed by atoms with Crippen molar-refractivity contribution in [3.8, 4) is 0 Å². The van der Waals surface area contributed by atoms with Gasteiger partial charge in [0.15, 0.2) is 0 Å². The summed E-state index contributed by atoms with van der Waals surface area (Å²) in [4.78, 5) is 8.82. The number of nitrogens with one attached hydrogen (secondary N) is 1. The van der Waals surface area contributed by atoms with Crippen LogP contribution in [-0.4, -0.2) is 27.7 Å². The van der Waals surface area contributed by atoms with Gasteiger partial charge in [0.05, 0.1) is 6.10 Å². The zero-order valence-electron chi connectivity index (χ0n) is 11.1. The molecule has 1 fully saturated rings. The smallest absolute Gasteiger partial charge is 0.137 e. The van der Waals surface area contributed by atoms with Crippen LogP contribution in [0.3, 0.4) is 0 Å². The van der Waals surface area contributed by atoms with Gasteiger partial charge in [0.1, 0.15) is 16.8 Å². The molecular formula is C13H20ClN3O. The first-order valence-electron chi connectivity index (χ1n) is 6.45. The van der Waals surface area contributed by atoms with E-state index >= 15 is 0 Å². The Balaban J connectivity index is 2.11. The molecule has 0 amide bonds. The predicted octanol–water partition coefficient (Wildman–Crippen LogP) is 2.74. The van der Waals surface area contributed by atoms with Crippen molar-refractivity contribution < 1.29 is 5.11 Å². The fourth-order valence-corrected chi connectivity index (χ4v) is 1.81. The zero-order chi connectivity index (χ0) is 13.3. The van der Waals surface area contributed by atoms with E-state index in [1.165, 1.54) is 0 Å². The molecular weight excluding hydrogens is 250 g/mol. The SMILES string of the molecule is Cc1c(Cl)nc(C2CC2)nc1NCC(O)C(C)C. The van der Waals surface area contributed by atoms with Crippen molar-refractivity contribution >= 4 is 17.4 Å². The first-order chi connectivity index (χ1) is 8.49. The van der Waals surface area contributed by atoms with Crippen LogP contribution in [0.1, 0.15) is 44.0 Å². The van der Waals surface area contributed by atoms with E-state index in [0.717, 1.165) is 30.0 Å². The molecule has 1 saturated carbocycles. The van der Waals surface area contributed by atoms with Gasteiger partial charge in [-0.15, -0.1) is 0 Å². The van der Waals surface area contributed by atoms with E-state index in [9.17, 15) is 5.11 Å². The molecule has 0 aromatic carbocycles. The van der Waals surface area contributed by atoms with E-state index in [2.05, 4.69) is 15.3 Å². The molecule has 2 N–H and O–H groups in total. The van der Waals surface area contributed by atoms with Gasteiger partial charge in [-0.2, -0.15) is 0 Å². The molecule has 1 aliphatic carbocycles. The Bertz CT molecular complexity index is 432. The lowest BCUT2D eigenvalue weighted by Crippen LogP contribution is -2.25. The maximum atomic E-state index is 9.80. The van der Waals surface area contributed by atoms with Crippen LogP contribution in [0.2, 0.25) is 5.15 Å². The second-order valence-electron chi connectivity index (χ2n) is 5.31. The molecule has 0 radical (unpaired) electrons. The lowest BCUT2D eigenvalue weighted by atomic mass is 10.1. The lowest BCUT2D eigenvalue weighted by Gasteiger charge is -2.17. The van der Waals surface area contributed by atoms with Crippen molar-refractivity contribution in [3.05, 3.63) is 16.5 Å². The summed E-state index contributed by atoms with van der Waals surface area (Å²) in [5.41, 5.74) is 0.844. The second-order valence-corrected chi connectivity index (χ2v) is 5.67. The Morgan fingerprint density at radius 2 is 2.06 bits per heavy atom. The molecule has 2 rings (SSSR count). The third kappa shape index (κ3) is 3.12. The van der Waals surface area contributed by atoms with E-state index in [1.54, 1.807) is 0 Å². The minimum Gasteiger partial charge on any atom is -0.391 e. The van der Waals surface area contributed by atoms with Crippen molar-refractivity contribution in [1.29, 1.82) is 0 Å². The van der Waals surface area contributed by atoms with E-state index in [0.29, 0.717) is 17.6 Å². The number of nitrogens with zero attached hydrogens (tertiary/aromatic N) is 2. The van der Waals surface area contributed by atoms with Gasteiger partial charge in [-0.25, -0.2) is 9.97 Å². The Labute approximate surface area is 113 Å². The van der Waals surface area contributed by atoms with E-state index < -0.39 is 0 Å². The van der Waals surface area contributed by atoms with Crippen LogP contribution in [0.15, 0.2) is 0 Å². The molecule has 1 aromatic rings. The van der Waals surface area contributed by atoms with Gasteiger partial charge in [0.25, 0.3) is 0 Å². The van der Waals surface area contributed by atoms with Crippen molar-refractivity contribution in [2.24, 2.45) is 5.92 Å². The Kier molecular flexibility index (Phi) is 4.07. The standard InChI is InChI=1S/C13H20ClN3O/c1-7(2)10(18)6-15-12-8(3)11(14)16-13(17-12)9-4-5-9/h7,9-10,18H,4-6H2,1-3H3,(H,15,16,17). The molecule has 5 heteroatoms. The summed E-state index contributed by atoms with van der Waals surface area (Å²) in [6.45, 7) is 6.35. The van der Waals surface area contributed by atoms with Gasteiger partial charge in [-0.1, -0.05) is 25.4 Å². The summed E-state index contributed by atoms with van der Waals surface area (Å²) in [6, 6.07) is 0. The highest BCUT2D eigenvalue weighted by atomic mass is 35.5. The van der Waals surface area contributed by atoms with Crippen molar-refractivity contribution in [1.82, 2.24) is 9.97 Å². The Hall–Kier alpha value is -0.870. The number of aromatic nitrogens is 2. The van der Waals surface area contributed by atoms with Crippen molar-refractivity contribution in [2.45, 2.75) is 45.6 Å². The summed E-state index contributed by atoms with van der Waals surface area (Å²) >= 11 is 6.12. The molecule has 4 nitrogen and oxygen atoms in total. The molecule has 1 atom stereocenters. The lowest BCUT2D eigenvalue weighted by molar-refractivity contribution is 0.138. The average molecular weight is 270 g/mol. The fraction of sp³-hybridized carbons (Fsp3) is 0.692. The highest BCUT2D eigenvalue weighted by Crippen LogP contribution is 2.39. The van der Waals surface area contributed by atoms with Crippen LogP contribution >= 0.6 is 11.6 Å². The quantitative estimate of drug-likeness (QED) is 0.807. The van der Waals surface area contributed by atoms with Gasteiger partial charge in [-0.3, -0.25) is 0 Å². The highest BCUT2D eigenvalue weighted by Gasteiger charge is 2.28. The third-order valence-corrected chi connectivity index (χ3v) is 3.66. The number of halogens is 1. The van der Waals surface area contributed by atoms with Gasteiger partial charge in [-0.05, 0) is 25.7 Å². The van der Waals surface area contributed by atoms with Crippen molar-refractivity contribution in [3.63, 3.8) is 0 Å². The number of aliphatic hydroxyl groups is 1. The van der Waals surface area contributed by atoms with Crippen LogP contribution in [0.5, 0.6) is 0 Å². The maximum absolute atomic E-state index is 9.80. The molecule has 1 unspecified atom stereocenters. The van der Waals surface area contributed by atoms with E-state index in [1.807, 2.05) is 20.8 Å². The number of anilines is 1. The number of rotatable bonds is 5. The van der Waals surface area contributed by atoms with Gasteiger partial charge in [0, 0.05) is 18.0 Å². The van der Waals surface area contributed by atoms with Crippen LogP contribution < -0.4 is 5.32 Å². The predicted molar refractivity (Wildman–Crippen MR) is 73.1 cm³/mol. The summed E-state index contributed by atoms with van der Waals surface area (Å²) in [5, 5.41) is 13.5. The van der Waals surface area contributed by atoms with Gasteiger partial charge in [0.2, 0.25) is 0 Å². The third-order valence-electron chi connectivity index (χ3n) is 3.29. The van der Waals surface area contributed by atoms with Crippen LogP contribution in [-0.2, 0) is 0 Å². The highest BCUT2D eigenvalue weighted by molar-refractivity contribution is 6.30. The van der Waals surface area contributed by atoms with Gasteiger partial charge < -0.3 is 10.4 Å². The van der Waals surface area contributed by atoms with Gasteiger partial charge >= 0.3 is 0 Å². The summed E-state index contributed by atoms with van der Waals surface area (Å²) < 4.78 is 0. The molecule has 0 bridgehead atoms. The van der Waals surface area contributed by atoms with Crippen LogP contribution in [0.25, 0.3) is 0 Å². The number of hydrogen-bond donors (Lipinski definition) is 2. The molecule has 0 aliphatic heterocycles. The second kappa shape index (κ2) is 5.41. The van der Waals surface area contributed by atoms with E-state index in [4.69, 9.17) is 11.6 Å². The number of hydrogen-bond acceptors (Lipinski definition) is 4. The molecule has 1 aromatic heterocycles. The van der Waals surface area contributed by atoms with E-state index in [-0.39, 0.29) is 12.0 Å². The molecule has 1 aliphatic rings. The molecule has 18 heavy (non-hydrogen) atoms. The molecule has 0 spiro atoms. The summed E-state index contributed by atoms with van der Waals surface area (Å²) in [5.74, 6) is 2.26. The summed E-state index contributed by atoms with van der Waals surface area (Å²) in [7, 11) is 0. The monoisotopic (exact) mass is 269 g/mol. The number of aliphatic hydroxyl groups excluding tert-OH is 1. The fourth-order valence-electron chi connectivity index (χ4n) is 1.64. The van der Waals surface area contributed by atoms with Crippen molar-refractivity contribution in [2.75, 3.05) is 11.9 Å². The van der Waals surface area contributed by atoms with Crippen LogP contribution in [0, 0.1) is 12.8 Å². The maximum Gasteiger partial charge on any atom is 0.137 e.